The van der Waals surface area contributed by atoms with Crippen LogP contribution in [-0.2, 0) is 19.4 Å². The van der Waals surface area contributed by atoms with Gasteiger partial charge in [0.25, 0.3) is 0 Å². The van der Waals surface area contributed by atoms with Crippen LogP contribution in [0, 0.1) is 5.82 Å². The summed E-state index contributed by atoms with van der Waals surface area (Å²) in [5.41, 5.74) is 4.34. The normalized spacial score (nSPS) is 21.2. The molecule has 0 bridgehead atoms. The van der Waals surface area contributed by atoms with Gasteiger partial charge in [-0.05, 0) is 92.6 Å². The number of ether oxygens (including phenoxy) is 1. The lowest BCUT2D eigenvalue weighted by atomic mass is 9.72. The zero-order valence-electron chi connectivity index (χ0n) is 19.2. The van der Waals surface area contributed by atoms with Crippen molar-refractivity contribution >= 4 is 0 Å². The van der Waals surface area contributed by atoms with E-state index in [1.807, 2.05) is 0 Å². The average Bonchev–Trinajstić information content (AvgIpc) is 2.80. The lowest BCUT2D eigenvalue weighted by Crippen LogP contribution is -2.55. The molecule has 2 aliphatic rings. The molecular weight excluding hydrogens is 385 g/mol. The van der Waals surface area contributed by atoms with Crippen molar-refractivity contribution in [3.63, 3.8) is 0 Å². The second kappa shape index (κ2) is 10.6. The maximum absolute atomic E-state index is 13.1. The predicted octanol–water partition coefficient (Wildman–Crippen LogP) is 7.09. The molecule has 0 radical (unpaired) electrons. The van der Waals surface area contributed by atoms with E-state index >= 15 is 0 Å². The molecule has 2 aromatic rings. The van der Waals surface area contributed by atoms with Crippen molar-refractivity contribution in [3.05, 3.63) is 65.0 Å². The molecule has 1 aliphatic heterocycles. The standard InChI is InChI=1S/C28H38FNO/c1-2-3-4-5-7-18-30-19-8-6-16-28(30)17-15-24-20-27(14-11-25(24)21-28)31-22-23-9-12-26(29)13-10-23/h9-14,20H,2-8,15-19,21-22H2,1H3. The molecule has 2 aromatic carbocycles. The molecule has 1 spiro atoms. The van der Waals surface area contributed by atoms with Gasteiger partial charge in [0.2, 0.25) is 0 Å². The van der Waals surface area contributed by atoms with Gasteiger partial charge in [-0.15, -0.1) is 0 Å². The van der Waals surface area contributed by atoms with E-state index < -0.39 is 0 Å². The van der Waals surface area contributed by atoms with Gasteiger partial charge in [-0.3, -0.25) is 4.90 Å². The molecule has 1 fully saturated rings. The minimum absolute atomic E-state index is 0.204. The van der Waals surface area contributed by atoms with E-state index in [4.69, 9.17) is 4.74 Å². The molecule has 31 heavy (non-hydrogen) atoms. The monoisotopic (exact) mass is 423 g/mol. The average molecular weight is 424 g/mol. The number of benzene rings is 2. The first kappa shape index (κ1) is 22.3. The second-order valence-corrected chi connectivity index (χ2v) is 9.61. The first-order chi connectivity index (χ1) is 15.2. The lowest BCUT2D eigenvalue weighted by Gasteiger charge is -2.50. The summed E-state index contributed by atoms with van der Waals surface area (Å²) in [5.74, 6) is 0.722. The fourth-order valence-corrected chi connectivity index (χ4v) is 5.55. The van der Waals surface area contributed by atoms with Gasteiger partial charge in [0.05, 0.1) is 0 Å². The number of likely N-dealkylation sites (tertiary alicyclic amines) is 1. The topological polar surface area (TPSA) is 12.5 Å². The number of nitrogens with zero attached hydrogens (tertiary/aromatic N) is 1. The third-order valence-electron chi connectivity index (χ3n) is 7.40. The number of fused-ring (bicyclic) bond motifs is 1. The number of hydrogen-bond acceptors (Lipinski definition) is 2. The van der Waals surface area contributed by atoms with E-state index in [0.29, 0.717) is 12.1 Å². The molecule has 0 amide bonds. The summed E-state index contributed by atoms with van der Waals surface area (Å²) in [6.07, 6.45) is 14.5. The number of piperidine rings is 1. The summed E-state index contributed by atoms with van der Waals surface area (Å²) in [7, 11) is 0. The predicted molar refractivity (Wildman–Crippen MR) is 126 cm³/mol. The van der Waals surface area contributed by atoms with Crippen LogP contribution in [-0.4, -0.2) is 23.5 Å². The highest BCUT2D eigenvalue weighted by Crippen LogP contribution is 2.41. The molecule has 0 N–H and O–H groups in total. The van der Waals surface area contributed by atoms with Crippen LogP contribution in [0.1, 0.15) is 81.4 Å². The van der Waals surface area contributed by atoms with E-state index in [1.165, 1.54) is 101 Å². The van der Waals surface area contributed by atoms with Crippen molar-refractivity contribution in [2.75, 3.05) is 13.1 Å². The van der Waals surface area contributed by atoms with Gasteiger partial charge >= 0.3 is 0 Å². The lowest BCUT2D eigenvalue weighted by molar-refractivity contribution is 0.0324. The Bertz CT molecular complexity index is 833. The highest BCUT2D eigenvalue weighted by molar-refractivity contribution is 5.39. The maximum Gasteiger partial charge on any atom is 0.123 e. The first-order valence-electron chi connectivity index (χ1n) is 12.4. The van der Waals surface area contributed by atoms with Crippen LogP contribution in [0.4, 0.5) is 4.39 Å². The highest BCUT2D eigenvalue weighted by atomic mass is 19.1. The molecule has 3 heteroatoms. The Balaban J connectivity index is 1.37. The number of unbranched alkanes of at least 4 members (excludes halogenated alkanes) is 4. The van der Waals surface area contributed by atoms with Crippen LogP contribution in [0.5, 0.6) is 5.75 Å². The van der Waals surface area contributed by atoms with Crippen molar-refractivity contribution in [2.45, 2.75) is 89.7 Å². The van der Waals surface area contributed by atoms with Crippen LogP contribution in [0.2, 0.25) is 0 Å². The van der Waals surface area contributed by atoms with Crippen LogP contribution in [0.15, 0.2) is 42.5 Å². The molecule has 2 nitrogen and oxygen atoms in total. The van der Waals surface area contributed by atoms with Gasteiger partial charge in [-0.25, -0.2) is 4.39 Å². The van der Waals surface area contributed by atoms with Crippen LogP contribution < -0.4 is 4.74 Å². The molecule has 1 heterocycles. The summed E-state index contributed by atoms with van der Waals surface area (Å²) in [6.45, 7) is 5.33. The van der Waals surface area contributed by atoms with E-state index in [0.717, 1.165) is 17.7 Å². The van der Waals surface area contributed by atoms with Crippen molar-refractivity contribution in [1.29, 1.82) is 0 Å². The smallest absolute Gasteiger partial charge is 0.123 e. The van der Waals surface area contributed by atoms with Crippen LogP contribution in [0.25, 0.3) is 0 Å². The van der Waals surface area contributed by atoms with E-state index in [-0.39, 0.29) is 5.82 Å². The Morgan fingerprint density at radius 1 is 0.935 bits per heavy atom. The summed E-state index contributed by atoms with van der Waals surface area (Å²) in [4.78, 5) is 2.85. The van der Waals surface area contributed by atoms with Gasteiger partial charge in [-0.1, -0.05) is 57.2 Å². The molecular formula is C28H38FNO. The zero-order chi connectivity index (χ0) is 21.5. The molecule has 0 aromatic heterocycles. The second-order valence-electron chi connectivity index (χ2n) is 9.61. The van der Waals surface area contributed by atoms with E-state index in [2.05, 4.69) is 30.0 Å². The Morgan fingerprint density at radius 2 is 1.77 bits per heavy atom. The molecule has 168 valence electrons. The first-order valence-corrected chi connectivity index (χ1v) is 12.4. The van der Waals surface area contributed by atoms with Crippen molar-refractivity contribution in [2.24, 2.45) is 0 Å². The van der Waals surface area contributed by atoms with Gasteiger partial charge in [-0.2, -0.15) is 0 Å². The summed E-state index contributed by atoms with van der Waals surface area (Å²) in [6, 6.07) is 13.2. The number of halogens is 1. The molecule has 1 atom stereocenters. The van der Waals surface area contributed by atoms with E-state index in [9.17, 15) is 4.39 Å². The van der Waals surface area contributed by atoms with Gasteiger partial charge in [0.15, 0.2) is 0 Å². The summed E-state index contributed by atoms with van der Waals surface area (Å²) >= 11 is 0. The minimum atomic E-state index is -0.204. The Labute approximate surface area is 187 Å². The Hall–Kier alpha value is -1.87. The van der Waals surface area contributed by atoms with Crippen molar-refractivity contribution in [3.8, 4) is 5.75 Å². The van der Waals surface area contributed by atoms with Gasteiger partial charge in [0.1, 0.15) is 18.2 Å². The Kier molecular flexibility index (Phi) is 7.66. The van der Waals surface area contributed by atoms with Crippen molar-refractivity contribution in [1.82, 2.24) is 4.90 Å². The fourth-order valence-electron chi connectivity index (χ4n) is 5.55. The number of aryl methyl sites for hydroxylation is 1. The minimum Gasteiger partial charge on any atom is -0.489 e. The third kappa shape index (κ3) is 5.68. The van der Waals surface area contributed by atoms with Gasteiger partial charge in [0, 0.05) is 5.54 Å². The molecule has 1 unspecified atom stereocenters. The third-order valence-corrected chi connectivity index (χ3v) is 7.40. The number of rotatable bonds is 9. The number of hydrogen-bond donors (Lipinski definition) is 0. The molecule has 4 rings (SSSR count). The quantitative estimate of drug-likeness (QED) is 0.399. The maximum atomic E-state index is 13.1. The van der Waals surface area contributed by atoms with Crippen molar-refractivity contribution < 1.29 is 9.13 Å². The largest absolute Gasteiger partial charge is 0.489 e. The SMILES string of the molecule is CCCCCCCN1CCCCC12CCc1cc(OCc3ccc(F)cc3)ccc1C2. The molecule has 0 saturated carbocycles. The molecule has 1 saturated heterocycles. The summed E-state index contributed by atoms with van der Waals surface area (Å²) < 4.78 is 19.1. The highest BCUT2D eigenvalue weighted by Gasteiger charge is 2.40. The van der Waals surface area contributed by atoms with Crippen LogP contribution in [0.3, 0.4) is 0 Å². The molecule has 1 aliphatic carbocycles. The van der Waals surface area contributed by atoms with Crippen LogP contribution >= 0.6 is 0 Å². The fraction of sp³-hybridized carbons (Fsp3) is 0.571. The van der Waals surface area contributed by atoms with E-state index in [1.54, 1.807) is 12.1 Å². The Morgan fingerprint density at radius 3 is 2.61 bits per heavy atom. The zero-order valence-corrected chi connectivity index (χ0v) is 19.2. The summed E-state index contributed by atoms with van der Waals surface area (Å²) in [5, 5.41) is 0. The van der Waals surface area contributed by atoms with Gasteiger partial charge < -0.3 is 4.74 Å².